The highest BCUT2D eigenvalue weighted by Gasteiger charge is 2.29. The van der Waals surface area contributed by atoms with Crippen molar-refractivity contribution in [2.75, 3.05) is 27.7 Å². The molecular weight excluding hydrogens is 356 g/mol. The van der Waals surface area contributed by atoms with Crippen LogP contribution in [0.5, 0.6) is 0 Å². The molecule has 0 bridgehead atoms. The second-order valence-corrected chi connectivity index (χ2v) is 7.26. The maximum atomic E-state index is 13.0. The number of unbranched alkanes of at least 4 members (excludes halogenated alkanes) is 1. The van der Waals surface area contributed by atoms with Gasteiger partial charge >= 0.3 is 0 Å². The molecule has 2 amide bonds. The van der Waals surface area contributed by atoms with Gasteiger partial charge in [-0.2, -0.15) is 0 Å². The molecule has 0 unspecified atom stereocenters. The van der Waals surface area contributed by atoms with Crippen molar-refractivity contribution < 1.29 is 14.4 Å². The summed E-state index contributed by atoms with van der Waals surface area (Å²) in [6.45, 7) is 2.12. The lowest BCUT2D eigenvalue weighted by Gasteiger charge is -2.29. The number of likely N-dealkylation sites (N-methyl/N-ethyl adjacent to an activating group) is 2. The standard InChI is InChI=1S/C21H33N4O3/c1-16(15-26)25(4)21(28)18(12-8-9-13-22)23-20(27)19(24(2)3)14-17-10-6-5-7-11-17/h5-7,10-11,16,18-19H,8-9,12-14,22H2,1-4H3,(H,23,27)/t16-,18-,19-/m0/s1. The van der Waals surface area contributed by atoms with Crippen molar-refractivity contribution in [3.63, 3.8) is 0 Å². The average molecular weight is 390 g/mol. The Morgan fingerprint density at radius 3 is 2.32 bits per heavy atom. The number of benzene rings is 1. The highest BCUT2D eigenvalue weighted by molar-refractivity contribution is 5.90. The Morgan fingerprint density at radius 1 is 1.14 bits per heavy atom. The molecule has 0 fully saturated rings. The van der Waals surface area contributed by atoms with Crippen LogP contribution in [-0.4, -0.2) is 73.7 Å². The second-order valence-electron chi connectivity index (χ2n) is 7.26. The van der Waals surface area contributed by atoms with E-state index in [2.05, 4.69) is 5.32 Å². The Morgan fingerprint density at radius 2 is 1.79 bits per heavy atom. The maximum Gasteiger partial charge on any atom is 0.245 e. The summed E-state index contributed by atoms with van der Waals surface area (Å²) < 4.78 is 0. The van der Waals surface area contributed by atoms with E-state index in [0.29, 0.717) is 25.8 Å². The molecule has 28 heavy (non-hydrogen) atoms. The zero-order chi connectivity index (χ0) is 21.1. The van der Waals surface area contributed by atoms with Crippen molar-refractivity contribution in [3.05, 3.63) is 35.9 Å². The molecule has 1 aromatic rings. The Bertz CT molecular complexity index is 621. The predicted molar refractivity (Wildman–Crippen MR) is 110 cm³/mol. The molecule has 0 heterocycles. The fraction of sp³-hybridized carbons (Fsp3) is 0.571. The van der Waals surface area contributed by atoms with Crippen LogP contribution in [0.15, 0.2) is 30.3 Å². The van der Waals surface area contributed by atoms with E-state index in [-0.39, 0.29) is 11.8 Å². The lowest BCUT2D eigenvalue weighted by atomic mass is 10.0. The number of nitrogens with one attached hydrogen (secondary N) is 1. The molecule has 0 aliphatic rings. The average Bonchev–Trinajstić information content (AvgIpc) is 2.70. The van der Waals surface area contributed by atoms with Gasteiger partial charge in [-0.3, -0.25) is 19.3 Å². The molecule has 1 aromatic carbocycles. The smallest absolute Gasteiger partial charge is 0.245 e. The summed E-state index contributed by atoms with van der Waals surface area (Å²) in [5.41, 5.74) is 6.60. The maximum absolute atomic E-state index is 13.0. The first-order valence-electron chi connectivity index (χ1n) is 9.67. The van der Waals surface area contributed by atoms with Crippen molar-refractivity contribution in [3.8, 4) is 0 Å². The molecule has 0 saturated carbocycles. The van der Waals surface area contributed by atoms with Gasteiger partial charge in [-0.05, 0) is 58.8 Å². The summed E-state index contributed by atoms with van der Waals surface area (Å²) in [5.74, 6) is -0.505. The third kappa shape index (κ3) is 7.40. The van der Waals surface area contributed by atoms with Crippen LogP contribution in [0.25, 0.3) is 0 Å². The third-order valence-electron chi connectivity index (χ3n) is 4.86. The molecule has 7 nitrogen and oxygen atoms in total. The van der Waals surface area contributed by atoms with E-state index in [1.54, 1.807) is 14.0 Å². The van der Waals surface area contributed by atoms with E-state index >= 15 is 0 Å². The van der Waals surface area contributed by atoms with Gasteiger partial charge in [-0.25, -0.2) is 0 Å². The summed E-state index contributed by atoms with van der Waals surface area (Å²) >= 11 is 0. The number of carbonyl (C=O) groups excluding carboxylic acids is 3. The first kappa shape index (κ1) is 23.8. The van der Waals surface area contributed by atoms with E-state index in [0.717, 1.165) is 12.0 Å². The van der Waals surface area contributed by atoms with Crippen molar-refractivity contribution in [2.45, 2.75) is 50.7 Å². The highest BCUT2D eigenvalue weighted by atomic mass is 16.2. The van der Waals surface area contributed by atoms with Gasteiger partial charge in [0.2, 0.25) is 18.1 Å². The normalized spacial score (nSPS) is 14.2. The molecule has 3 atom stereocenters. The van der Waals surface area contributed by atoms with Crippen molar-refractivity contribution in [1.82, 2.24) is 15.1 Å². The minimum Gasteiger partial charge on any atom is -0.343 e. The first-order valence-corrected chi connectivity index (χ1v) is 9.67. The second kappa shape index (κ2) is 12.3. The number of hydrogen-bond acceptors (Lipinski definition) is 5. The monoisotopic (exact) mass is 389 g/mol. The van der Waals surface area contributed by atoms with Crippen molar-refractivity contribution >= 4 is 18.1 Å². The van der Waals surface area contributed by atoms with Crippen LogP contribution in [0, 0.1) is 0 Å². The third-order valence-corrected chi connectivity index (χ3v) is 4.86. The molecule has 0 aliphatic carbocycles. The van der Waals surface area contributed by atoms with E-state index < -0.39 is 18.1 Å². The first-order chi connectivity index (χ1) is 13.3. The van der Waals surface area contributed by atoms with Gasteiger partial charge in [-0.15, -0.1) is 0 Å². The number of nitrogens with zero attached hydrogens (tertiary/aromatic N) is 2. The summed E-state index contributed by atoms with van der Waals surface area (Å²) in [6.07, 6.45) is 4.30. The zero-order valence-electron chi connectivity index (χ0n) is 17.4. The molecule has 3 N–H and O–H groups in total. The predicted octanol–water partition coefficient (Wildman–Crippen LogP) is 0.730. The van der Waals surface area contributed by atoms with Crippen LogP contribution < -0.4 is 11.1 Å². The van der Waals surface area contributed by atoms with Gasteiger partial charge in [0.05, 0.1) is 12.1 Å². The van der Waals surface area contributed by atoms with Gasteiger partial charge in [-0.1, -0.05) is 30.3 Å². The van der Waals surface area contributed by atoms with Gasteiger partial charge in [0.1, 0.15) is 6.04 Å². The largest absolute Gasteiger partial charge is 0.343 e. The van der Waals surface area contributed by atoms with Crippen LogP contribution in [0.3, 0.4) is 0 Å². The molecule has 0 aromatic heterocycles. The molecular formula is C21H33N4O3. The Kier molecular flexibility index (Phi) is 10.4. The lowest BCUT2D eigenvalue weighted by Crippen LogP contribution is -2.54. The number of rotatable bonds is 12. The van der Waals surface area contributed by atoms with Crippen LogP contribution in [0.2, 0.25) is 0 Å². The zero-order valence-corrected chi connectivity index (χ0v) is 17.4. The molecule has 0 aliphatic heterocycles. The van der Waals surface area contributed by atoms with E-state index in [1.807, 2.05) is 55.6 Å². The quantitative estimate of drug-likeness (QED) is 0.514. The van der Waals surface area contributed by atoms with Crippen LogP contribution >= 0.6 is 0 Å². The number of hydrogen-bond donors (Lipinski definition) is 2. The molecule has 7 heteroatoms. The van der Waals surface area contributed by atoms with Crippen LogP contribution in [0.1, 0.15) is 31.7 Å². The van der Waals surface area contributed by atoms with Crippen molar-refractivity contribution in [1.29, 1.82) is 0 Å². The van der Waals surface area contributed by atoms with E-state index in [4.69, 9.17) is 5.73 Å². The molecule has 1 rings (SSSR count). The topological polar surface area (TPSA) is 95.7 Å². The molecule has 1 radical (unpaired) electrons. The Labute approximate surface area is 168 Å². The summed E-state index contributed by atoms with van der Waals surface area (Å²) in [7, 11) is 5.23. The SMILES string of the molecule is C[C@@H]([C]=O)N(C)C(=O)[C@H](CCCCN)NC(=O)[C@H](Cc1ccccc1)N(C)C. The van der Waals surface area contributed by atoms with Crippen LogP contribution in [-0.2, 0) is 20.8 Å². The molecule has 0 spiro atoms. The number of carbonyl (C=O) groups is 2. The number of amides is 2. The van der Waals surface area contributed by atoms with Crippen molar-refractivity contribution in [2.24, 2.45) is 5.73 Å². The minimum atomic E-state index is -0.696. The fourth-order valence-electron chi connectivity index (χ4n) is 2.88. The van der Waals surface area contributed by atoms with Gasteiger partial charge < -0.3 is 16.0 Å². The van der Waals surface area contributed by atoms with Crippen LogP contribution in [0.4, 0.5) is 0 Å². The molecule has 0 saturated heterocycles. The van der Waals surface area contributed by atoms with Gasteiger partial charge in [0.15, 0.2) is 0 Å². The molecule has 155 valence electrons. The highest BCUT2D eigenvalue weighted by Crippen LogP contribution is 2.10. The van der Waals surface area contributed by atoms with E-state index in [9.17, 15) is 14.4 Å². The summed E-state index contributed by atoms with van der Waals surface area (Å²) in [5, 5.41) is 2.89. The Balaban J connectivity index is 2.91. The lowest BCUT2D eigenvalue weighted by molar-refractivity contribution is -0.137. The summed E-state index contributed by atoms with van der Waals surface area (Å²) in [4.78, 5) is 39.9. The fourth-order valence-corrected chi connectivity index (χ4v) is 2.88. The van der Waals surface area contributed by atoms with E-state index in [1.165, 1.54) is 4.90 Å². The van der Waals surface area contributed by atoms with Gasteiger partial charge in [0.25, 0.3) is 0 Å². The summed E-state index contributed by atoms with van der Waals surface area (Å²) in [6, 6.07) is 7.98. The van der Waals surface area contributed by atoms with Gasteiger partial charge in [0, 0.05) is 7.05 Å². The Hall–Kier alpha value is -2.25. The minimum absolute atomic E-state index is 0.212. The number of nitrogens with two attached hydrogens (primary N) is 1.